The lowest BCUT2D eigenvalue weighted by Gasteiger charge is -2.66. The fraction of sp³-hybridized carbons (Fsp3) is 0.967. The van der Waals surface area contributed by atoms with Crippen molar-refractivity contribution in [3.63, 3.8) is 0 Å². The van der Waals surface area contributed by atoms with Gasteiger partial charge >= 0.3 is 5.97 Å². The van der Waals surface area contributed by atoms with Crippen LogP contribution in [0.1, 0.15) is 106 Å². The zero-order valence-corrected chi connectivity index (χ0v) is 23.7. The van der Waals surface area contributed by atoms with E-state index in [0.717, 1.165) is 25.7 Å². The standard InChI is InChI=1S/C30H52O6/c1-17(8-9-18(2)27(4,5)36-19(3)31)22-10-11-23-21-14-26(34)30(35)16-20(32)12-13-28(30,6)24(21)15-25(33)29(22,23)7/h17-18,20-26,32-35H,8-16H2,1-7H3/t17-,18+,20?,21+,22-,23+,24+,25?,26?,28-,29-,30?/m1/s1. The summed E-state index contributed by atoms with van der Waals surface area (Å²) < 4.78 is 5.58. The van der Waals surface area contributed by atoms with E-state index in [4.69, 9.17) is 4.74 Å². The van der Waals surface area contributed by atoms with Crippen molar-refractivity contribution in [2.75, 3.05) is 0 Å². The van der Waals surface area contributed by atoms with Crippen LogP contribution < -0.4 is 0 Å². The van der Waals surface area contributed by atoms with Crippen LogP contribution in [0.2, 0.25) is 0 Å². The van der Waals surface area contributed by atoms with Gasteiger partial charge in [0.05, 0.1) is 23.9 Å². The maximum absolute atomic E-state index is 11.8. The van der Waals surface area contributed by atoms with Crippen LogP contribution in [-0.2, 0) is 9.53 Å². The van der Waals surface area contributed by atoms with Gasteiger partial charge in [-0.1, -0.05) is 34.1 Å². The van der Waals surface area contributed by atoms with Gasteiger partial charge in [0.25, 0.3) is 0 Å². The largest absolute Gasteiger partial charge is 0.460 e. The van der Waals surface area contributed by atoms with Crippen molar-refractivity contribution >= 4 is 5.97 Å². The molecule has 0 bridgehead atoms. The molecule has 208 valence electrons. The lowest BCUT2D eigenvalue weighted by molar-refractivity contribution is -0.275. The van der Waals surface area contributed by atoms with Crippen LogP contribution >= 0.6 is 0 Å². The highest BCUT2D eigenvalue weighted by atomic mass is 16.6. The summed E-state index contributed by atoms with van der Waals surface area (Å²) in [6, 6.07) is 0. The molecule has 0 aromatic heterocycles. The average molecular weight is 509 g/mol. The third kappa shape index (κ3) is 4.26. The molecule has 4 fully saturated rings. The van der Waals surface area contributed by atoms with Gasteiger partial charge in [0, 0.05) is 18.8 Å². The highest BCUT2D eigenvalue weighted by Gasteiger charge is 2.69. The molecule has 0 aliphatic heterocycles. The maximum atomic E-state index is 11.8. The van der Waals surface area contributed by atoms with Crippen LogP contribution in [0.25, 0.3) is 0 Å². The van der Waals surface area contributed by atoms with Gasteiger partial charge in [-0.05, 0) is 99.7 Å². The van der Waals surface area contributed by atoms with Crippen molar-refractivity contribution in [2.24, 2.45) is 46.3 Å². The topological polar surface area (TPSA) is 107 Å². The van der Waals surface area contributed by atoms with E-state index < -0.39 is 34.9 Å². The molecule has 12 atom stereocenters. The van der Waals surface area contributed by atoms with Crippen molar-refractivity contribution in [3.05, 3.63) is 0 Å². The SMILES string of the molecule is CC(=O)OC(C)(C)[C@@H](C)CC[C@@H](C)[C@H]1CC[C@H]2[C@@H]3CC(O)C4(O)CC(O)CC[C@]4(C)[C@H]3CC(O)[C@]12C. The number of hydrogen-bond acceptors (Lipinski definition) is 6. The minimum absolute atomic E-state index is 0.157. The lowest BCUT2D eigenvalue weighted by atomic mass is 9.41. The van der Waals surface area contributed by atoms with Gasteiger partial charge in [0.2, 0.25) is 0 Å². The fourth-order valence-electron chi connectivity index (χ4n) is 9.72. The molecule has 4 unspecified atom stereocenters. The Balaban J connectivity index is 1.51. The van der Waals surface area contributed by atoms with Crippen LogP contribution in [0.3, 0.4) is 0 Å². The molecule has 36 heavy (non-hydrogen) atoms. The van der Waals surface area contributed by atoms with E-state index in [1.54, 1.807) is 0 Å². The summed E-state index contributed by atoms with van der Waals surface area (Å²) in [5, 5.41) is 45.0. The monoisotopic (exact) mass is 508 g/mol. The van der Waals surface area contributed by atoms with Crippen molar-refractivity contribution in [3.8, 4) is 0 Å². The third-order valence-corrected chi connectivity index (χ3v) is 12.3. The van der Waals surface area contributed by atoms with Gasteiger partial charge in [0.15, 0.2) is 0 Å². The van der Waals surface area contributed by atoms with Gasteiger partial charge < -0.3 is 25.2 Å². The van der Waals surface area contributed by atoms with E-state index in [-0.39, 0.29) is 35.6 Å². The Bertz CT molecular complexity index is 828. The molecule has 0 saturated heterocycles. The summed E-state index contributed by atoms with van der Waals surface area (Å²) >= 11 is 0. The summed E-state index contributed by atoms with van der Waals surface area (Å²) in [7, 11) is 0. The van der Waals surface area contributed by atoms with Crippen LogP contribution in [0.15, 0.2) is 0 Å². The molecule has 4 N–H and O–H groups in total. The molecule has 0 aromatic carbocycles. The molecule has 6 heteroatoms. The van der Waals surface area contributed by atoms with Crippen molar-refractivity contribution in [1.29, 1.82) is 0 Å². The number of aliphatic hydroxyl groups is 4. The molecule has 4 aliphatic rings. The van der Waals surface area contributed by atoms with Gasteiger partial charge in [-0.2, -0.15) is 0 Å². The number of carbonyl (C=O) groups excluding carboxylic acids is 1. The predicted molar refractivity (Wildman–Crippen MR) is 139 cm³/mol. The Hall–Kier alpha value is -0.690. The van der Waals surface area contributed by atoms with Crippen molar-refractivity contribution < 1.29 is 30.0 Å². The Morgan fingerprint density at radius 1 is 1.00 bits per heavy atom. The van der Waals surface area contributed by atoms with Gasteiger partial charge in [0.1, 0.15) is 5.60 Å². The first-order valence-corrected chi connectivity index (χ1v) is 14.5. The molecule has 0 aromatic rings. The maximum Gasteiger partial charge on any atom is 0.303 e. The van der Waals surface area contributed by atoms with E-state index in [0.29, 0.717) is 43.4 Å². The highest BCUT2D eigenvalue weighted by molar-refractivity contribution is 5.66. The molecule has 4 aliphatic carbocycles. The molecule has 6 nitrogen and oxygen atoms in total. The average Bonchev–Trinajstić information content (AvgIpc) is 3.13. The zero-order chi connectivity index (χ0) is 26.8. The number of esters is 1. The van der Waals surface area contributed by atoms with E-state index >= 15 is 0 Å². The summed E-state index contributed by atoms with van der Waals surface area (Å²) in [5.74, 6) is 1.61. The molecule has 4 saturated carbocycles. The van der Waals surface area contributed by atoms with Gasteiger partial charge in [-0.3, -0.25) is 4.79 Å². The van der Waals surface area contributed by atoms with Crippen LogP contribution in [-0.4, -0.2) is 55.9 Å². The molecular formula is C30H52O6. The molecule has 0 radical (unpaired) electrons. The van der Waals surface area contributed by atoms with Crippen LogP contribution in [0.5, 0.6) is 0 Å². The first-order chi connectivity index (χ1) is 16.6. The molecular weight excluding hydrogens is 456 g/mol. The lowest BCUT2D eigenvalue weighted by Crippen LogP contribution is -2.70. The van der Waals surface area contributed by atoms with E-state index in [2.05, 4.69) is 27.7 Å². The smallest absolute Gasteiger partial charge is 0.303 e. The van der Waals surface area contributed by atoms with Crippen molar-refractivity contribution in [2.45, 2.75) is 136 Å². The number of rotatable bonds is 6. The Morgan fingerprint density at radius 2 is 1.67 bits per heavy atom. The summed E-state index contributed by atoms with van der Waals surface area (Å²) in [6.45, 7) is 14.3. The second-order valence-corrected chi connectivity index (χ2v) is 14.3. The van der Waals surface area contributed by atoms with Gasteiger partial charge in [-0.15, -0.1) is 0 Å². The Kier molecular flexibility index (Phi) is 7.47. The number of fused-ring (bicyclic) bond motifs is 5. The predicted octanol–water partition coefficient (Wildman–Crippen LogP) is 4.46. The molecule has 0 spiro atoms. The summed E-state index contributed by atoms with van der Waals surface area (Å²) in [4.78, 5) is 11.5. The minimum Gasteiger partial charge on any atom is -0.460 e. The second-order valence-electron chi connectivity index (χ2n) is 14.3. The van der Waals surface area contributed by atoms with E-state index in [1.807, 2.05) is 13.8 Å². The molecule has 0 amide bonds. The molecule has 0 heterocycles. The Labute approximate surface area is 218 Å². The minimum atomic E-state index is -1.28. The quantitative estimate of drug-likeness (QED) is 0.395. The first-order valence-electron chi connectivity index (χ1n) is 14.5. The number of hydrogen-bond donors (Lipinski definition) is 4. The second kappa shape index (κ2) is 9.50. The van der Waals surface area contributed by atoms with E-state index in [1.165, 1.54) is 6.92 Å². The number of aliphatic hydroxyl groups excluding tert-OH is 3. The van der Waals surface area contributed by atoms with Crippen LogP contribution in [0, 0.1) is 46.3 Å². The van der Waals surface area contributed by atoms with Crippen molar-refractivity contribution in [1.82, 2.24) is 0 Å². The zero-order valence-electron chi connectivity index (χ0n) is 23.7. The van der Waals surface area contributed by atoms with Crippen LogP contribution in [0.4, 0.5) is 0 Å². The number of ether oxygens (including phenoxy) is 1. The summed E-state index contributed by atoms with van der Waals surface area (Å²) in [6.07, 6.45) is 5.08. The number of carbonyl (C=O) groups is 1. The Morgan fingerprint density at radius 3 is 2.31 bits per heavy atom. The highest BCUT2D eigenvalue weighted by Crippen LogP contribution is 2.69. The fourth-order valence-corrected chi connectivity index (χ4v) is 9.72. The van der Waals surface area contributed by atoms with E-state index in [9.17, 15) is 25.2 Å². The normalized spacial score (nSPS) is 48.4. The molecule has 4 rings (SSSR count). The van der Waals surface area contributed by atoms with Gasteiger partial charge in [-0.25, -0.2) is 0 Å². The summed E-state index contributed by atoms with van der Waals surface area (Å²) in [5.41, 5.74) is -2.47. The first kappa shape index (κ1) is 28.3. The third-order valence-electron chi connectivity index (χ3n) is 12.3.